The number of methoxy groups -OCH3 is 2. The van der Waals surface area contributed by atoms with E-state index in [1.165, 1.54) is 19.2 Å². The van der Waals surface area contributed by atoms with Crippen LogP contribution in [0.5, 0.6) is 5.75 Å². The fourth-order valence-electron chi connectivity index (χ4n) is 4.65. The second kappa shape index (κ2) is 11.0. The molecule has 1 saturated heterocycles. The number of likely N-dealkylation sites (tertiary alicyclic amines) is 1. The molecular formula is C28H27F3N2O4. The second-order valence-corrected chi connectivity index (χ2v) is 8.81. The second-order valence-electron chi connectivity index (χ2n) is 8.81. The summed E-state index contributed by atoms with van der Waals surface area (Å²) in [4.78, 5) is 27.7. The first-order valence-electron chi connectivity index (χ1n) is 11.7. The Morgan fingerprint density at radius 1 is 0.973 bits per heavy atom. The lowest BCUT2D eigenvalue weighted by Gasteiger charge is -2.23. The molecule has 9 heteroatoms. The van der Waals surface area contributed by atoms with Crippen molar-refractivity contribution in [3.05, 3.63) is 89.5 Å². The largest absolute Gasteiger partial charge is 0.496 e. The van der Waals surface area contributed by atoms with Gasteiger partial charge < -0.3 is 14.8 Å². The summed E-state index contributed by atoms with van der Waals surface area (Å²) in [7, 11) is 2.91. The molecule has 6 nitrogen and oxygen atoms in total. The number of benzene rings is 3. The van der Waals surface area contributed by atoms with Crippen molar-refractivity contribution in [1.82, 2.24) is 10.2 Å². The van der Waals surface area contributed by atoms with E-state index in [2.05, 4.69) is 5.32 Å². The van der Waals surface area contributed by atoms with Gasteiger partial charge in [-0.05, 0) is 41.8 Å². The van der Waals surface area contributed by atoms with Gasteiger partial charge in [-0.2, -0.15) is 13.2 Å². The quantitative estimate of drug-likeness (QED) is 0.455. The van der Waals surface area contributed by atoms with Gasteiger partial charge in [0, 0.05) is 30.3 Å². The van der Waals surface area contributed by atoms with Crippen LogP contribution in [0.2, 0.25) is 0 Å². The fourth-order valence-corrected chi connectivity index (χ4v) is 4.65. The minimum Gasteiger partial charge on any atom is -0.496 e. The average molecular weight is 513 g/mol. The lowest BCUT2D eigenvalue weighted by molar-refractivity contribution is -0.146. The van der Waals surface area contributed by atoms with Crippen molar-refractivity contribution < 1.29 is 32.2 Å². The molecule has 0 aromatic heterocycles. The van der Waals surface area contributed by atoms with Crippen molar-refractivity contribution in [2.24, 2.45) is 0 Å². The summed E-state index contributed by atoms with van der Waals surface area (Å²) in [5, 5.41) is 2.99. The molecule has 2 atom stereocenters. The Kier molecular flexibility index (Phi) is 7.83. The maximum Gasteiger partial charge on any atom is 0.416 e. The van der Waals surface area contributed by atoms with Crippen molar-refractivity contribution in [1.29, 1.82) is 0 Å². The summed E-state index contributed by atoms with van der Waals surface area (Å²) in [6.07, 6.45) is -4.08. The number of rotatable bonds is 7. The Hall–Kier alpha value is -3.85. The lowest BCUT2D eigenvalue weighted by Crippen LogP contribution is -2.38. The number of carbonyl (C=O) groups is 2. The highest BCUT2D eigenvalue weighted by atomic mass is 19.4. The van der Waals surface area contributed by atoms with Crippen molar-refractivity contribution in [2.45, 2.75) is 31.2 Å². The van der Waals surface area contributed by atoms with Gasteiger partial charge in [0.15, 0.2) is 0 Å². The van der Waals surface area contributed by atoms with Crippen LogP contribution in [0.1, 0.15) is 27.9 Å². The number of nitrogens with zero attached hydrogens (tertiary/aromatic N) is 1. The molecule has 0 radical (unpaired) electrons. The van der Waals surface area contributed by atoms with Gasteiger partial charge in [0.05, 0.1) is 19.8 Å². The van der Waals surface area contributed by atoms with E-state index in [1.807, 2.05) is 29.2 Å². The minimum atomic E-state index is -4.44. The molecule has 0 unspecified atom stereocenters. The monoisotopic (exact) mass is 512 g/mol. The number of hydrogen-bond donors (Lipinski definition) is 1. The van der Waals surface area contributed by atoms with Crippen molar-refractivity contribution in [3.8, 4) is 16.9 Å². The van der Waals surface area contributed by atoms with E-state index in [4.69, 9.17) is 9.47 Å². The Labute approximate surface area is 213 Å². The standard InChI is InChI=1S/C28H27F3N2O4/c1-36-25-10-6-3-7-19(25)16-33-17-21(15-24(33)27(35)37-2)32-26(34)23-9-5-4-8-22(23)18-11-13-20(14-12-18)28(29,30)31/h3-14,21,24H,15-17H2,1-2H3,(H,32,34)/t21-,24+/m1/s1. The van der Waals surface area contributed by atoms with Gasteiger partial charge in [-0.1, -0.05) is 48.5 Å². The van der Waals surface area contributed by atoms with Crippen LogP contribution in [0.3, 0.4) is 0 Å². The molecule has 0 aliphatic carbocycles. The summed E-state index contributed by atoms with van der Waals surface area (Å²) in [6.45, 7) is 0.838. The van der Waals surface area contributed by atoms with E-state index >= 15 is 0 Å². The third-order valence-corrected chi connectivity index (χ3v) is 6.47. The molecule has 194 valence electrons. The van der Waals surface area contributed by atoms with Crippen LogP contribution in [0, 0.1) is 0 Å². The number of esters is 1. The molecule has 37 heavy (non-hydrogen) atoms. The number of ether oxygens (including phenoxy) is 2. The highest BCUT2D eigenvalue weighted by molar-refractivity contribution is 6.01. The van der Waals surface area contributed by atoms with Crippen LogP contribution in [-0.2, 0) is 22.3 Å². The van der Waals surface area contributed by atoms with Crippen LogP contribution >= 0.6 is 0 Å². The van der Waals surface area contributed by atoms with Gasteiger partial charge in [0.1, 0.15) is 11.8 Å². The molecule has 0 saturated carbocycles. The highest BCUT2D eigenvalue weighted by Crippen LogP contribution is 2.32. The first-order chi connectivity index (χ1) is 17.7. The van der Waals surface area contributed by atoms with E-state index in [-0.39, 0.29) is 11.9 Å². The third-order valence-electron chi connectivity index (χ3n) is 6.47. The summed E-state index contributed by atoms with van der Waals surface area (Å²) >= 11 is 0. The van der Waals surface area contributed by atoms with Gasteiger partial charge in [-0.3, -0.25) is 14.5 Å². The molecule has 4 rings (SSSR count). The molecule has 0 spiro atoms. The molecule has 1 N–H and O–H groups in total. The van der Waals surface area contributed by atoms with Crippen molar-refractivity contribution in [2.75, 3.05) is 20.8 Å². The van der Waals surface area contributed by atoms with E-state index < -0.39 is 23.8 Å². The predicted molar refractivity (Wildman–Crippen MR) is 132 cm³/mol. The van der Waals surface area contributed by atoms with Gasteiger partial charge in [0.2, 0.25) is 0 Å². The normalized spacial score (nSPS) is 17.9. The fraction of sp³-hybridized carbons (Fsp3) is 0.286. The molecular weight excluding hydrogens is 485 g/mol. The van der Waals surface area contributed by atoms with E-state index in [1.54, 1.807) is 31.4 Å². The number of alkyl halides is 3. The average Bonchev–Trinajstić information content (AvgIpc) is 3.30. The molecule has 1 fully saturated rings. The van der Waals surface area contributed by atoms with Crippen LogP contribution < -0.4 is 10.1 Å². The van der Waals surface area contributed by atoms with Gasteiger partial charge in [-0.25, -0.2) is 0 Å². The molecule has 1 aliphatic rings. The summed E-state index contributed by atoms with van der Waals surface area (Å²) in [5.41, 5.74) is 1.49. The smallest absolute Gasteiger partial charge is 0.416 e. The van der Waals surface area contributed by atoms with Crippen molar-refractivity contribution >= 4 is 11.9 Å². The van der Waals surface area contributed by atoms with Crippen LogP contribution in [0.4, 0.5) is 13.2 Å². The Morgan fingerprint density at radius 3 is 2.32 bits per heavy atom. The Morgan fingerprint density at radius 2 is 1.65 bits per heavy atom. The third kappa shape index (κ3) is 5.94. The number of hydrogen-bond acceptors (Lipinski definition) is 5. The van der Waals surface area contributed by atoms with E-state index in [0.717, 1.165) is 17.7 Å². The van der Waals surface area contributed by atoms with Gasteiger partial charge >= 0.3 is 12.1 Å². The zero-order chi connectivity index (χ0) is 26.6. The van der Waals surface area contributed by atoms with Gasteiger partial charge in [0.25, 0.3) is 5.91 Å². The zero-order valence-corrected chi connectivity index (χ0v) is 20.4. The predicted octanol–water partition coefficient (Wildman–Crippen LogP) is 4.93. The SMILES string of the molecule is COC(=O)[C@@H]1C[C@@H](NC(=O)c2ccccc2-c2ccc(C(F)(F)F)cc2)CN1Cc1ccccc1OC. The number of carbonyl (C=O) groups excluding carboxylic acids is 2. The van der Waals surface area contributed by atoms with Gasteiger partial charge in [-0.15, -0.1) is 0 Å². The minimum absolute atomic E-state index is 0.333. The van der Waals surface area contributed by atoms with E-state index in [9.17, 15) is 22.8 Å². The van der Waals surface area contributed by atoms with Crippen LogP contribution in [0.15, 0.2) is 72.8 Å². The molecule has 1 aliphatic heterocycles. The molecule has 0 bridgehead atoms. The lowest BCUT2D eigenvalue weighted by atomic mass is 9.98. The first kappa shape index (κ1) is 26.2. The summed E-state index contributed by atoms with van der Waals surface area (Å²) in [6, 6.07) is 18.1. The Balaban J connectivity index is 1.53. The van der Waals surface area contributed by atoms with Crippen molar-refractivity contribution in [3.63, 3.8) is 0 Å². The maximum absolute atomic E-state index is 13.3. The molecule has 1 heterocycles. The number of amides is 1. The highest BCUT2D eigenvalue weighted by Gasteiger charge is 2.38. The van der Waals surface area contributed by atoms with Crippen LogP contribution in [-0.4, -0.2) is 49.6 Å². The maximum atomic E-state index is 13.3. The molecule has 3 aromatic carbocycles. The topological polar surface area (TPSA) is 67.9 Å². The number of para-hydroxylation sites is 1. The summed E-state index contributed by atoms with van der Waals surface area (Å²) in [5.74, 6) is -0.0656. The number of nitrogens with one attached hydrogen (secondary N) is 1. The molecule has 1 amide bonds. The summed E-state index contributed by atoms with van der Waals surface area (Å²) < 4.78 is 49.4. The Bertz CT molecular complexity index is 1260. The van der Waals surface area contributed by atoms with E-state index in [0.29, 0.717) is 42.0 Å². The first-order valence-corrected chi connectivity index (χ1v) is 11.7. The van der Waals surface area contributed by atoms with Crippen LogP contribution in [0.25, 0.3) is 11.1 Å². The number of halogens is 3. The zero-order valence-electron chi connectivity index (χ0n) is 20.4. The molecule has 3 aromatic rings.